The van der Waals surface area contributed by atoms with Crippen LogP contribution in [0.25, 0.3) is 0 Å². The van der Waals surface area contributed by atoms with E-state index in [2.05, 4.69) is 10.1 Å². The first-order valence-electron chi connectivity index (χ1n) is 6.96. The first-order chi connectivity index (χ1) is 10.1. The highest BCUT2D eigenvalue weighted by molar-refractivity contribution is 5.48. The Labute approximate surface area is 121 Å². The van der Waals surface area contributed by atoms with Gasteiger partial charge in [0.05, 0.1) is 11.4 Å². The molecule has 0 N–H and O–H groups in total. The summed E-state index contributed by atoms with van der Waals surface area (Å²) in [6.45, 7) is 5.63. The number of aromatic nitrogens is 1. The Balaban J connectivity index is 1.59. The topological polar surface area (TPSA) is 32.5 Å². The molecule has 0 atom stereocenters. The highest BCUT2D eigenvalue weighted by Crippen LogP contribution is 2.22. The Morgan fingerprint density at radius 2 is 1.90 bits per heavy atom. The van der Waals surface area contributed by atoms with Crippen LogP contribution >= 0.6 is 0 Å². The first-order valence-corrected chi connectivity index (χ1v) is 6.96. The molecule has 0 bridgehead atoms. The van der Waals surface area contributed by atoms with Gasteiger partial charge in [0.2, 0.25) is 0 Å². The fourth-order valence-electron chi connectivity index (χ4n) is 2.61. The molecule has 1 fully saturated rings. The second-order valence-corrected chi connectivity index (χ2v) is 5.29. The van der Waals surface area contributed by atoms with Crippen molar-refractivity contribution in [3.63, 3.8) is 0 Å². The number of nitrogens with zero attached hydrogens (tertiary/aromatic N) is 3. The molecule has 21 heavy (non-hydrogen) atoms. The third kappa shape index (κ3) is 3.21. The van der Waals surface area contributed by atoms with E-state index >= 15 is 0 Å². The van der Waals surface area contributed by atoms with Crippen LogP contribution in [0.4, 0.5) is 14.5 Å². The van der Waals surface area contributed by atoms with Crippen molar-refractivity contribution < 1.29 is 13.3 Å². The van der Waals surface area contributed by atoms with Gasteiger partial charge in [-0.3, -0.25) is 4.90 Å². The van der Waals surface area contributed by atoms with E-state index in [1.54, 1.807) is 0 Å². The minimum Gasteiger partial charge on any atom is -0.367 e. The van der Waals surface area contributed by atoms with Crippen LogP contribution in [0.5, 0.6) is 0 Å². The van der Waals surface area contributed by atoms with Crippen molar-refractivity contribution in [3.8, 4) is 0 Å². The van der Waals surface area contributed by atoms with Gasteiger partial charge in [0, 0.05) is 44.9 Å². The fraction of sp³-hybridized carbons (Fsp3) is 0.400. The van der Waals surface area contributed by atoms with Crippen LogP contribution in [0.3, 0.4) is 0 Å². The Hall–Kier alpha value is -1.95. The van der Waals surface area contributed by atoms with Crippen LogP contribution in [0.1, 0.15) is 11.5 Å². The van der Waals surface area contributed by atoms with E-state index in [-0.39, 0.29) is 0 Å². The van der Waals surface area contributed by atoms with Crippen molar-refractivity contribution in [2.45, 2.75) is 13.5 Å². The summed E-state index contributed by atoms with van der Waals surface area (Å²) < 4.78 is 31.8. The highest BCUT2D eigenvalue weighted by atomic mass is 19.1. The summed E-state index contributed by atoms with van der Waals surface area (Å²) in [5, 5.41) is 3.98. The molecule has 1 aliphatic heterocycles. The fourth-order valence-corrected chi connectivity index (χ4v) is 2.61. The van der Waals surface area contributed by atoms with Crippen molar-refractivity contribution in [1.29, 1.82) is 0 Å². The normalized spacial score (nSPS) is 16.4. The Morgan fingerprint density at radius 3 is 2.52 bits per heavy atom. The molecular weight excluding hydrogens is 276 g/mol. The lowest BCUT2D eigenvalue weighted by molar-refractivity contribution is 0.241. The number of anilines is 1. The molecule has 2 heterocycles. The quantitative estimate of drug-likeness (QED) is 0.871. The van der Waals surface area contributed by atoms with E-state index in [0.29, 0.717) is 18.8 Å². The Bertz CT molecular complexity index is 621. The number of hydrogen-bond acceptors (Lipinski definition) is 4. The standard InChI is InChI=1S/C15H17F2N3O/c1-11-8-13(18-21-11)10-19-4-6-20(7-5-19)15-3-2-12(16)9-14(15)17/h2-3,8-9H,4-7,10H2,1H3. The summed E-state index contributed by atoms with van der Waals surface area (Å²) in [5.41, 5.74) is 1.38. The minimum absolute atomic E-state index is 0.466. The zero-order valence-electron chi connectivity index (χ0n) is 11.9. The van der Waals surface area contributed by atoms with Gasteiger partial charge in [-0.05, 0) is 19.1 Å². The lowest BCUT2D eigenvalue weighted by Crippen LogP contribution is -2.46. The highest BCUT2D eigenvalue weighted by Gasteiger charge is 2.20. The molecule has 0 aliphatic carbocycles. The SMILES string of the molecule is Cc1cc(CN2CCN(c3ccc(F)cc3F)CC2)no1. The maximum atomic E-state index is 13.8. The number of benzene rings is 1. The molecule has 0 amide bonds. The van der Waals surface area contributed by atoms with Gasteiger partial charge in [-0.1, -0.05) is 5.16 Å². The van der Waals surface area contributed by atoms with Crippen molar-refractivity contribution >= 4 is 5.69 Å². The first kappa shape index (κ1) is 14.0. The maximum absolute atomic E-state index is 13.8. The van der Waals surface area contributed by atoms with Gasteiger partial charge in [-0.15, -0.1) is 0 Å². The summed E-state index contributed by atoms with van der Waals surface area (Å²) in [7, 11) is 0. The summed E-state index contributed by atoms with van der Waals surface area (Å²) in [5.74, 6) is -0.246. The van der Waals surface area contributed by atoms with E-state index < -0.39 is 11.6 Å². The predicted molar refractivity (Wildman–Crippen MR) is 75.1 cm³/mol. The van der Waals surface area contributed by atoms with Crippen LogP contribution in [-0.4, -0.2) is 36.2 Å². The smallest absolute Gasteiger partial charge is 0.149 e. The van der Waals surface area contributed by atoms with Gasteiger partial charge >= 0.3 is 0 Å². The predicted octanol–water partition coefficient (Wildman–Crippen LogP) is 2.58. The monoisotopic (exact) mass is 293 g/mol. The van der Waals surface area contributed by atoms with Crippen LogP contribution in [-0.2, 0) is 6.54 Å². The van der Waals surface area contributed by atoms with Gasteiger partial charge in [0.15, 0.2) is 0 Å². The second kappa shape index (κ2) is 5.81. The average Bonchev–Trinajstić information content (AvgIpc) is 2.85. The molecule has 4 nitrogen and oxygen atoms in total. The van der Waals surface area contributed by atoms with E-state index in [1.165, 1.54) is 12.1 Å². The maximum Gasteiger partial charge on any atom is 0.149 e. The van der Waals surface area contributed by atoms with Crippen molar-refractivity contribution in [1.82, 2.24) is 10.1 Å². The number of rotatable bonds is 3. The second-order valence-electron chi connectivity index (χ2n) is 5.29. The van der Waals surface area contributed by atoms with Gasteiger partial charge in [-0.25, -0.2) is 8.78 Å². The third-order valence-corrected chi connectivity index (χ3v) is 3.69. The van der Waals surface area contributed by atoms with E-state index in [4.69, 9.17) is 4.52 Å². The van der Waals surface area contributed by atoms with Crippen LogP contribution < -0.4 is 4.90 Å². The zero-order chi connectivity index (χ0) is 14.8. The molecule has 0 radical (unpaired) electrons. The van der Waals surface area contributed by atoms with Gasteiger partial charge < -0.3 is 9.42 Å². The van der Waals surface area contributed by atoms with Crippen molar-refractivity contribution in [2.75, 3.05) is 31.1 Å². The van der Waals surface area contributed by atoms with Crippen LogP contribution in [0.15, 0.2) is 28.8 Å². The molecule has 1 aliphatic rings. The number of hydrogen-bond donors (Lipinski definition) is 0. The minimum atomic E-state index is -0.545. The molecule has 1 saturated heterocycles. The van der Waals surface area contributed by atoms with Crippen LogP contribution in [0, 0.1) is 18.6 Å². The average molecular weight is 293 g/mol. The summed E-state index contributed by atoms with van der Waals surface area (Å²) in [6.07, 6.45) is 0. The number of halogens is 2. The number of piperazine rings is 1. The Kier molecular flexibility index (Phi) is 3.88. The molecule has 1 aromatic heterocycles. The molecule has 6 heteroatoms. The van der Waals surface area contributed by atoms with Crippen molar-refractivity contribution in [3.05, 3.63) is 47.4 Å². The molecular formula is C15H17F2N3O. The zero-order valence-corrected chi connectivity index (χ0v) is 11.9. The van der Waals surface area contributed by atoms with E-state index in [9.17, 15) is 8.78 Å². The third-order valence-electron chi connectivity index (χ3n) is 3.69. The molecule has 0 unspecified atom stereocenters. The molecule has 1 aromatic carbocycles. The van der Waals surface area contributed by atoms with Gasteiger partial charge in [0.25, 0.3) is 0 Å². The summed E-state index contributed by atoms with van der Waals surface area (Å²) >= 11 is 0. The summed E-state index contributed by atoms with van der Waals surface area (Å²) in [4.78, 5) is 4.19. The molecule has 0 spiro atoms. The molecule has 2 aromatic rings. The Morgan fingerprint density at radius 1 is 1.14 bits per heavy atom. The van der Waals surface area contributed by atoms with Gasteiger partial charge in [0.1, 0.15) is 17.4 Å². The summed E-state index contributed by atoms with van der Waals surface area (Å²) in [6, 6.07) is 5.65. The van der Waals surface area contributed by atoms with Crippen molar-refractivity contribution in [2.24, 2.45) is 0 Å². The molecule has 3 rings (SSSR count). The van der Waals surface area contributed by atoms with E-state index in [0.717, 1.165) is 37.2 Å². The van der Waals surface area contributed by atoms with Crippen LogP contribution in [0.2, 0.25) is 0 Å². The van der Waals surface area contributed by atoms with E-state index in [1.807, 2.05) is 17.9 Å². The largest absolute Gasteiger partial charge is 0.367 e. The number of aryl methyl sites for hydroxylation is 1. The molecule has 0 saturated carbocycles. The lowest BCUT2D eigenvalue weighted by Gasteiger charge is -2.35. The van der Waals surface area contributed by atoms with Gasteiger partial charge in [-0.2, -0.15) is 0 Å². The lowest BCUT2D eigenvalue weighted by atomic mass is 10.2. The molecule has 112 valence electrons.